The van der Waals surface area contributed by atoms with Gasteiger partial charge in [-0.1, -0.05) is 23.7 Å². The van der Waals surface area contributed by atoms with Crippen LogP contribution in [0.3, 0.4) is 0 Å². The Kier molecular flexibility index (Phi) is 3.30. The number of H-pyrrole nitrogens is 1. The number of para-hydroxylation sites is 1. The van der Waals surface area contributed by atoms with Crippen LogP contribution in [0.4, 0.5) is 0 Å². The monoisotopic (exact) mass is 292 g/mol. The number of hydrogen-bond donors (Lipinski definition) is 1. The van der Waals surface area contributed by atoms with Crippen molar-refractivity contribution in [2.24, 2.45) is 0 Å². The molecule has 0 amide bonds. The first-order chi connectivity index (χ1) is 9.74. The molecule has 6 nitrogen and oxygen atoms in total. The fourth-order valence-electron chi connectivity index (χ4n) is 1.70. The van der Waals surface area contributed by atoms with E-state index >= 15 is 0 Å². The summed E-state index contributed by atoms with van der Waals surface area (Å²) in [5.41, 5.74) is 0.226. The molecule has 0 saturated carbocycles. The molecule has 2 heterocycles. The lowest BCUT2D eigenvalue weighted by Crippen LogP contribution is -2.09. The van der Waals surface area contributed by atoms with Crippen molar-refractivity contribution in [3.8, 4) is 11.6 Å². The van der Waals surface area contributed by atoms with E-state index in [0.29, 0.717) is 11.3 Å². The van der Waals surface area contributed by atoms with Crippen LogP contribution in [0.15, 0.2) is 47.7 Å². The third-order valence-corrected chi connectivity index (χ3v) is 2.77. The van der Waals surface area contributed by atoms with Gasteiger partial charge in [-0.2, -0.15) is 0 Å². The molecule has 0 aliphatic carbocycles. The molecule has 1 aliphatic rings. The third kappa shape index (κ3) is 2.46. The van der Waals surface area contributed by atoms with E-state index in [1.807, 2.05) is 6.07 Å². The summed E-state index contributed by atoms with van der Waals surface area (Å²) in [6, 6.07) is 8.24. The van der Waals surface area contributed by atoms with E-state index < -0.39 is 11.7 Å². The van der Waals surface area contributed by atoms with E-state index in [9.17, 15) is 4.79 Å². The highest BCUT2D eigenvalue weighted by Gasteiger charge is 2.21. The number of rotatable bonds is 3. The molecule has 0 saturated heterocycles. The Labute approximate surface area is 118 Å². The first-order valence-electron chi connectivity index (χ1n) is 5.72. The van der Waals surface area contributed by atoms with Crippen molar-refractivity contribution in [1.82, 2.24) is 10.2 Å². The van der Waals surface area contributed by atoms with E-state index in [1.54, 1.807) is 18.2 Å². The lowest BCUT2D eigenvalue weighted by Gasteiger charge is -2.14. The van der Waals surface area contributed by atoms with Gasteiger partial charge in [0.1, 0.15) is 23.4 Å². The number of benzene rings is 1. The molecule has 0 fully saturated rings. The summed E-state index contributed by atoms with van der Waals surface area (Å²) in [5.74, 6) is 0.314. The van der Waals surface area contributed by atoms with Crippen LogP contribution >= 0.6 is 11.6 Å². The molecule has 0 radical (unpaired) electrons. The summed E-state index contributed by atoms with van der Waals surface area (Å²) >= 11 is 5.63. The number of halogens is 1. The maximum absolute atomic E-state index is 11.7. The molecule has 0 unspecified atom stereocenters. The van der Waals surface area contributed by atoms with E-state index in [-0.39, 0.29) is 11.0 Å². The minimum absolute atomic E-state index is 0.104. The van der Waals surface area contributed by atoms with E-state index in [2.05, 4.69) is 10.2 Å². The van der Waals surface area contributed by atoms with Crippen LogP contribution in [0.2, 0.25) is 5.15 Å². The zero-order valence-corrected chi connectivity index (χ0v) is 10.8. The fraction of sp³-hybridized carbons (Fsp3) is 0.0769. The molecule has 1 aromatic heterocycles. The minimum Gasteiger partial charge on any atom is -0.455 e. The van der Waals surface area contributed by atoms with Gasteiger partial charge in [-0.15, -0.1) is 5.10 Å². The SMILES string of the molecule is O=c1cc(Cl)[nH]nc1Oc1ccccc1C1OC=CO1. The van der Waals surface area contributed by atoms with Crippen LogP contribution in [0.1, 0.15) is 11.9 Å². The van der Waals surface area contributed by atoms with Crippen molar-refractivity contribution in [3.63, 3.8) is 0 Å². The summed E-state index contributed by atoms with van der Waals surface area (Å²) in [6.45, 7) is 0. The molecule has 3 rings (SSSR count). The molecule has 7 heteroatoms. The average Bonchev–Trinajstić information content (AvgIpc) is 2.96. The van der Waals surface area contributed by atoms with E-state index in [4.69, 9.17) is 25.8 Å². The summed E-state index contributed by atoms with van der Waals surface area (Å²) in [5, 5.41) is 6.36. The van der Waals surface area contributed by atoms with Gasteiger partial charge in [-0.05, 0) is 12.1 Å². The largest absolute Gasteiger partial charge is 0.455 e. The lowest BCUT2D eigenvalue weighted by molar-refractivity contribution is -0.0258. The maximum atomic E-state index is 11.7. The minimum atomic E-state index is -0.599. The molecule has 2 aromatic rings. The fourth-order valence-corrected chi connectivity index (χ4v) is 1.84. The topological polar surface area (TPSA) is 73.4 Å². The van der Waals surface area contributed by atoms with Crippen molar-refractivity contribution in [3.05, 3.63) is 63.8 Å². The van der Waals surface area contributed by atoms with Gasteiger partial charge in [0.05, 0.1) is 5.56 Å². The van der Waals surface area contributed by atoms with Crippen LogP contribution in [0, 0.1) is 0 Å². The van der Waals surface area contributed by atoms with Gasteiger partial charge in [-0.25, -0.2) is 0 Å². The van der Waals surface area contributed by atoms with Gasteiger partial charge < -0.3 is 14.2 Å². The highest BCUT2D eigenvalue weighted by atomic mass is 35.5. The van der Waals surface area contributed by atoms with Crippen molar-refractivity contribution >= 4 is 11.6 Å². The molecular formula is C13H9ClN2O4. The molecule has 0 bridgehead atoms. The Morgan fingerprint density at radius 1 is 1.25 bits per heavy atom. The second kappa shape index (κ2) is 5.26. The van der Waals surface area contributed by atoms with Crippen LogP contribution in [-0.4, -0.2) is 10.2 Å². The average molecular weight is 293 g/mol. The highest BCUT2D eigenvalue weighted by molar-refractivity contribution is 6.29. The van der Waals surface area contributed by atoms with Gasteiger partial charge in [0, 0.05) is 6.07 Å². The first kappa shape index (κ1) is 12.6. The molecule has 0 spiro atoms. The van der Waals surface area contributed by atoms with E-state index in [0.717, 1.165) is 0 Å². The van der Waals surface area contributed by atoms with E-state index in [1.165, 1.54) is 18.6 Å². The van der Waals surface area contributed by atoms with Crippen molar-refractivity contribution in [2.75, 3.05) is 0 Å². The number of aromatic amines is 1. The molecule has 0 atom stereocenters. The second-order valence-corrected chi connectivity index (χ2v) is 4.31. The zero-order valence-electron chi connectivity index (χ0n) is 10.1. The predicted octanol–water partition coefficient (Wildman–Crippen LogP) is 2.73. The lowest BCUT2D eigenvalue weighted by atomic mass is 10.2. The highest BCUT2D eigenvalue weighted by Crippen LogP contribution is 2.32. The normalized spacial score (nSPS) is 13.8. The van der Waals surface area contributed by atoms with Crippen LogP contribution in [-0.2, 0) is 9.47 Å². The molecule has 1 aliphatic heterocycles. The van der Waals surface area contributed by atoms with Crippen molar-refractivity contribution in [1.29, 1.82) is 0 Å². The van der Waals surface area contributed by atoms with Crippen LogP contribution < -0.4 is 10.2 Å². The van der Waals surface area contributed by atoms with Crippen LogP contribution in [0.5, 0.6) is 11.6 Å². The second-order valence-electron chi connectivity index (χ2n) is 3.90. The maximum Gasteiger partial charge on any atom is 0.285 e. The number of aromatic nitrogens is 2. The van der Waals surface area contributed by atoms with Gasteiger partial charge in [0.25, 0.3) is 12.2 Å². The Hall–Kier alpha value is -2.47. The quantitative estimate of drug-likeness (QED) is 0.941. The first-order valence-corrected chi connectivity index (χ1v) is 6.10. The van der Waals surface area contributed by atoms with Gasteiger partial charge in [-0.3, -0.25) is 9.89 Å². The standard InChI is InChI=1S/C13H9ClN2O4/c14-11-7-9(17)12(16-15-11)20-10-4-2-1-3-8(10)13-18-5-6-19-13/h1-7,13H,(H,15,17). The molecule has 1 N–H and O–H groups in total. The van der Waals surface area contributed by atoms with Gasteiger partial charge in [0.2, 0.25) is 5.43 Å². The Bertz CT molecular complexity index is 706. The Morgan fingerprint density at radius 2 is 2.00 bits per heavy atom. The third-order valence-electron chi connectivity index (χ3n) is 2.57. The number of nitrogens with zero attached hydrogens (tertiary/aromatic N) is 1. The Morgan fingerprint density at radius 3 is 2.75 bits per heavy atom. The molecule has 20 heavy (non-hydrogen) atoms. The smallest absolute Gasteiger partial charge is 0.285 e. The van der Waals surface area contributed by atoms with Crippen molar-refractivity contribution in [2.45, 2.75) is 6.29 Å². The number of hydrogen-bond acceptors (Lipinski definition) is 5. The number of nitrogens with one attached hydrogen (secondary N) is 1. The molecule has 1 aromatic carbocycles. The zero-order chi connectivity index (χ0) is 13.9. The summed E-state index contributed by atoms with van der Waals surface area (Å²) in [6.07, 6.45) is 2.28. The van der Waals surface area contributed by atoms with Gasteiger partial charge in [0.15, 0.2) is 0 Å². The summed E-state index contributed by atoms with van der Waals surface area (Å²) in [7, 11) is 0. The molecular weight excluding hydrogens is 284 g/mol. The Balaban J connectivity index is 1.92. The number of ether oxygens (including phenoxy) is 3. The van der Waals surface area contributed by atoms with Gasteiger partial charge >= 0.3 is 0 Å². The molecule has 102 valence electrons. The summed E-state index contributed by atoms with van der Waals surface area (Å²) < 4.78 is 16.0. The summed E-state index contributed by atoms with van der Waals surface area (Å²) in [4.78, 5) is 11.7. The van der Waals surface area contributed by atoms with Crippen molar-refractivity contribution < 1.29 is 14.2 Å². The predicted molar refractivity (Wildman–Crippen MR) is 70.4 cm³/mol. The van der Waals surface area contributed by atoms with Crippen LogP contribution in [0.25, 0.3) is 0 Å².